The normalized spacial score (nSPS) is 20.8. The maximum Gasteiger partial charge on any atom is 0.0534 e. The molecule has 2 aliphatic heterocycles. The van der Waals surface area contributed by atoms with E-state index in [1.54, 1.807) is 0 Å². The van der Waals surface area contributed by atoms with Crippen molar-refractivity contribution in [2.75, 3.05) is 12.3 Å². The molecule has 0 aromatic rings. The van der Waals surface area contributed by atoms with Crippen LogP contribution >= 0.6 is 12.0 Å². The second-order valence-corrected chi connectivity index (χ2v) is 8.03. The van der Waals surface area contributed by atoms with Crippen LogP contribution in [0.25, 0.3) is 0 Å². The third-order valence-corrected chi connectivity index (χ3v) is 5.24. The molecule has 0 N–H and O–H groups in total. The SMILES string of the molecule is CC(C)=C1CCCN2C1=C(C(C)C)C(CSOO[O-])=CC2(C)C. The van der Waals surface area contributed by atoms with E-state index < -0.39 is 0 Å². The van der Waals surface area contributed by atoms with Gasteiger partial charge in [0.1, 0.15) is 0 Å². The van der Waals surface area contributed by atoms with Crippen LogP contribution in [0.4, 0.5) is 0 Å². The molecule has 0 spiro atoms. The van der Waals surface area contributed by atoms with E-state index >= 15 is 0 Å². The minimum atomic E-state index is -0.0386. The Morgan fingerprint density at radius 1 is 1.39 bits per heavy atom. The average molecular weight is 338 g/mol. The van der Waals surface area contributed by atoms with Crippen LogP contribution in [0, 0.1) is 5.92 Å². The van der Waals surface area contributed by atoms with E-state index in [0.29, 0.717) is 11.7 Å². The van der Waals surface area contributed by atoms with Gasteiger partial charge in [-0.1, -0.05) is 25.5 Å². The van der Waals surface area contributed by atoms with E-state index in [9.17, 15) is 5.26 Å². The molecule has 0 amide bonds. The topological polar surface area (TPSA) is 44.8 Å². The number of nitrogens with zero attached hydrogens (tertiary/aromatic N) is 1. The smallest absolute Gasteiger partial charge is 0.0534 e. The van der Waals surface area contributed by atoms with Gasteiger partial charge in [0.2, 0.25) is 0 Å². The van der Waals surface area contributed by atoms with Gasteiger partial charge in [-0.15, -0.1) is 0 Å². The summed E-state index contributed by atoms with van der Waals surface area (Å²) in [5, 5.41) is 13.6. The highest BCUT2D eigenvalue weighted by atomic mass is 32.2. The molecule has 0 aromatic carbocycles. The van der Waals surface area contributed by atoms with E-state index in [1.165, 1.54) is 34.4 Å². The molecule has 0 aliphatic carbocycles. The molecule has 0 bridgehead atoms. The molecule has 0 atom stereocenters. The largest absolute Gasteiger partial charge is 0.691 e. The van der Waals surface area contributed by atoms with Crippen molar-refractivity contribution in [1.82, 2.24) is 4.90 Å². The molecule has 0 aromatic heterocycles. The van der Waals surface area contributed by atoms with Gasteiger partial charge in [-0.05, 0) is 63.2 Å². The van der Waals surface area contributed by atoms with Crippen LogP contribution in [0.2, 0.25) is 0 Å². The fraction of sp³-hybridized carbons (Fsp3) is 0.667. The van der Waals surface area contributed by atoms with Crippen molar-refractivity contribution < 1.29 is 14.6 Å². The summed E-state index contributed by atoms with van der Waals surface area (Å²) in [6.45, 7) is 14.5. The minimum Gasteiger partial charge on any atom is -0.691 e. The molecule has 0 radical (unpaired) electrons. The van der Waals surface area contributed by atoms with Crippen LogP contribution in [0.5, 0.6) is 0 Å². The number of hydrogen-bond acceptors (Lipinski definition) is 5. The highest BCUT2D eigenvalue weighted by Gasteiger charge is 2.38. The lowest BCUT2D eigenvalue weighted by molar-refractivity contribution is -0.777. The molecular formula is C18H28NO3S-. The summed E-state index contributed by atoms with van der Waals surface area (Å²) in [4.78, 5) is 2.55. The summed E-state index contributed by atoms with van der Waals surface area (Å²) in [5.41, 5.74) is 6.86. The van der Waals surface area contributed by atoms with Gasteiger partial charge >= 0.3 is 0 Å². The Morgan fingerprint density at radius 3 is 2.65 bits per heavy atom. The predicted octanol–water partition coefficient (Wildman–Crippen LogP) is 3.92. The third-order valence-electron chi connectivity index (χ3n) is 4.66. The Kier molecular flexibility index (Phi) is 6.00. The first kappa shape index (κ1) is 18.6. The van der Waals surface area contributed by atoms with Gasteiger partial charge in [-0.3, -0.25) is 5.04 Å². The molecule has 130 valence electrons. The average Bonchev–Trinajstić information content (AvgIpc) is 2.46. The second-order valence-electron chi connectivity index (χ2n) is 7.37. The number of piperidine rings is 1. The summed E-state index contributed by atoms with van der Waals surface area (Å²) in [6, 6.07) is 0. The lowest BCUT2D eigenvalue weighted by Crippen LogP contribution is -2.48. The second kappa shape index (κ2) is 7.43. The molecule has 1 fully saturated rings. The van der Waals surface area contributed by atoms with Gasteiger partial charge in [0.05, 0.1) is 5.54 Å². The fourth-order valence-electron chi connectivity index (χ4n) is 3.78. The maximum atomic E-state index is 10.1. The van der Waals surface area contributed by atoms with Crippen LogP contribution in [0.15, 0.2) is 34.1 Å². The zero-order valence-corrected chi connectivity index (χ0v) is 15.9. The minimum absolute atomic E-state index is 0.0386. The Labute approximate surface area is 144 Å². The molecule has 2 rings (SSSR count). The molecule has 1 saturated heterocycles. The summed E-state index contributed by atoms with van der Waals surface area (Å²) < 4.78 is 4.51. The van der Waals surface area contributed by atoms with Gasteiger partial charge < -0.3 is 10.2 Å². The number of hydrogen-bond donors (Lipinski definition) is 0. The first-order chi connectivity index (χ1) is 10.8. The van der Waals surface area contributed by atoms with Gasteiger partial charge in [-0.2, -0.15) is 4.33 Å². The number of fused-ring (bicyclic) bond motifs is 1. The summed E-state index contributed by atoms with van der Waals surface area (Å²) >= 11 is 1.06. The summed E-state index contributed by atoms with van der Waals surface area (Å²) in [6.07, 6.45) is 4.66. The molecule has 0 unspecified atom stereocenters. The first-order valence-corrected chi connectivity index (χ1v) is 9.19. The van der Waals surface area contributed by atoms with Crippen molar-refractivity contribution in [3.63, 3.8) is 0 Å². The van der Waals surface area contributed by atoms with E-state index in [2.05, 4.69) is 61.9 Å². The Bertz CT molecular complexity index is 542. The van der Waals surface area contributed by atoms with Crippen molar-refractivity contribution in [3.05, 3.63) is 34.1 Å². The van der Waals surface area contributed by atoms with E-state index in [-0.39, 0.29) is 5.54 Å². The quantitative estimate of drug-likeness (QED) is 0.329. The van der Waals surface area contributed by atoms with Crippen molar-refractivity contribution >= 4 is 12.0 Å². The molecule has 2 aliphatic rings. The third kappa shape index (κ3) is 3.85. The van der Waals surface area contributed by atoms with Crippen molar-refractivity contribution in [1.29, 1.82) is 0 Å². The standard InChI is InChI=1S/C18H29NO3S/c1-12(2)15-8-7-9-19-17(15)16(13(3)4)14(10-18(19,5)6)11-23-22-21-20/h10,13,20H,7-9,11H2,1-6H3/p-1. The molecule has 0 saturated carbocycles. The van der Waals surface area contributed by atoms with Crippen molar-refractivity contribution in [2.24, 2.45) is 5.92 Å². The zero-order valence-electron chi connectivity index (χ0n) is 15.1. The van der Waals surface area contributed by atoms with Gasteiger partial charge in [0.25, 0.3) is 0 Å². The van der Waals surface area contributed by atoms with Crippen LogP contribution in [0.3, 0.4) is 0 Å². The Balaban J connectivity index is 2.54. The van der Waals surface area contributed by atoms with Gasteiger partial charge in [0, 0.05) is 30.0 Å². The van der Waals surface area contributed by atoms with Crippen LogP contribution < -0.4 is 5.26 Å². The van der Waals surface area contributed by atoms with Crippen LogP contribution in [0.1, 0.15) is 54.4 Å². The Hall–Kier alpha value is -0.750. The molecule has 5 heteroatoms. The molecule has 2 heterocycles. The van der Waals surface area contributed by atoms with Gasteiger partial charge in [-0.25, -0.2) is 0 Å². The first-order valence-electron chi connectivity index (χ1n) is 8.28. The number of allylic oxidation sites excluding steroid dienone is 3. The zero-order chi connectivity index (χ0) is 17.2. The molecule has 23 heavy (non-hydrogen) atoms. The highest BCUT2D eigenvalue weighted by molar-refractivity contribution is 7.94. The van der Waals surface area contributed by atoms with E-state index in [1.807, 2.05) is 0 Å². The monoisotopic (exact) mass is 338 g/mol. The molecular weight excluding hydrogens is 310 g/mol. The van der Waals surface area contributed by atoms with Crippen LogP contribution in [-0.4, -0.2) is 22.7 Å². The predicted molar refractivity (Wildman–Crippen MR) is 93.0 cm³/mol. The van der Waals surface area contributed by atoms with Crippen molar-refractivity contribution in [3.8, 4) is 0 Å². The lowest BCUT2D eigenvalue weighted by atomic mass is 9.78. The number of rotatable bonds is 5. The Morgan fingerprint density at radius 2 is 2.09 bits per heavy atom. The molecule has 4 nitrogen and oxygen atoms in total. The van der Waals surface area contributed by atoms with E-state index in [0.717, 1.165) is 25.0 Å². The highest BCUT2D eigenvalue weighted by Crippen LogP contribution is 2.45. The van der Waals surface area contributed by atoms with Crippen molar-refractivity contribution in [2.45, 2.75) is 59.9 Å². The maximum absolute atomic E-state index is 10.1. The van der Waals surface area contributed by atoms with E-state index in [4.69, 9.17) is 0 Å². The lowest BCUT2D eigenvalue weighted by Gasteiger charge is -2.49. The summed E-state index contributed by atoms with van der Waals surface area (Å²) in [5.74, 6) is 1.03. The summed E-state index contributed by atoms with van der Waals surface area (Å²) in [7, 11) is 0. The fourth-order valence-corrected chi connectivity index (χ4v) is 4.24. The van der Waals surface area contributed by atoms with Gasteiger partial charge in [0.15, 0.2) is 0 Å². The van der Waals surface area contributed by atoms with Crippen LogP contribution in [-0.2, 0) is 9.37 Å².